The molecule has 0 aliphatic carbocycles. The number of hydrogen-bond acceptors (Lipinski definition) is 6. The van der Waals surface area contributed by atoms with Crippen LogP contribution in [0.3, 0.4) is 0 Å². The molecule has 1 aromatic carbocycles. The van der Waals surface area contributed by atoms with Gasteiger partial charge in [-0.1, -0.05) is 0 Å². The molecule has 1 aromatic heterocycles. The molecule has 2 fully saturated rings. The van der Waals surface area contributed by atoms with Crippen LogP contribution < -0.4 is 5.32 Å². The SMILES string of the molecule is Oc1c(CN2CCCC2)cc(Nc2ncccn2)cc1CN1CCCC1. The third-order valence-electron chi connectivity index (χ3n) is 5.27. The Bertz CT molecular complexity index is 685. The smallest absolute Gasteiger partial charge is 0.227 e. The number of phenols is 1. The minimum atomic E-state index is 0.448. The van der Waals surface area contributed by atoms with Gasteiger partial charge in [0.05, 0.1) is 0 Å². The molecule has 0 unspecified atom stereocenters. The summed E-state index contributed by atoms with van der Waals surface area (Å²) in [7, 11) is 0. The van der Waals surface area contributed by atoms with E-state index in [0.29, 0.717) is 11.7 Å². The van der Waals surface area contributed by atoms with Crippen molar-refractivity contribution in [3.63, 3.8) is 0 Å². The average molecular weight is 353 g/mol. The number of hydrogen-bond donors (Lipinski definition) is 2. The molecule has 0 radical (unpaired) electrons. The molecule has 6 heteroatoms. The second kappa shape index (κ2) is 8.01. The van der Waals surface area contributed by atoms with Gasteiger partial charge in [0.25, 0.3) is 0 Å². The number of nitrogens with one attached hydrogen (secondary N) is 1. The number of anilines is 2. The predicted molar refractivity (Wildman–Crippen MR) is 102 cm³/mol. The molecule has 0 spiro atoms. The third kappa shape index (κ3) is 4.14. The third-order valence-corrected chi connectivity index (χ3v) is 5.27. The van der Waals surface area contributed by atoms with Crippen molar-refractivity contribution < 1.29 is 5.11 Å². The zero-order chi connectivity index (χ0) is 17.8. The van der Waals surface area contributed by atoms with Gasteiger partial charge in [-0.15, -0.1) is 0 Å². The first-order chi connectivity index (χ1) is 12.8. The molecule has 2 aliphatic rings. The van der Waals surface area contributed by atoms with E-state index in [4.69, 9.17) is 0 Å². The van der Waals surface area contributed by atoms with E-state index in [9.17, 15) is 5.11 Å². The molecular formula is C20H27N5O. The zero-order valence-electron chi connectivity index (χ0n) is 15.2. The van der Waals surface area contributed by atoms with Crippen molar-refractivity contribution in [1.82, 2.24) is 19.8 Å². The van der Waals surface area contributed by atoms with Crippen LogP contribution in [0.25, 0.3) is 0 Å². The molecule has 2 saturated heterocycles. The van der Waals surface area contributed by atoms with E-state index in [1.165, 1.54) is 25.7 Å². The molecule has 2 aliphatic heterocycles. The lowest BCUT2D eigenvalue weighted by Crippen LogP contribution is -2.20. The first-order valence-corrected chi connectivity index (χ1v) is 9.61. The largest absolute Gasteiger partial charge is 0.507 e. The highest BCUT2D eigenvalue weighted by Crippen LogP contribution is 2.31. The van der Waals surface area contributed by atoms with Crippen LogP contribution in [0.5, 0.6) is 5.75 Å². The molecule has 0 saturated carbocycles. The van der Waals surface area contributed by atoms with Gasteiger partial charge in [-0.25, -0.2) is 9.97 Å². The second-order valence-corrected chi connectivity index (χ2v) is 7.31. The summed E-state index contributed by atoms with van der Waals surface area (Å²) in [5.74, 6) is 1.03. The van der Waals surface area contributed by atoms with E-state index in [1.807, 2.05) is 12.1 Å². The number of nitrogens with zero attached hydrogens (tertiary/aromatic N) is 4. The van der Waals surface area contributed by atoms with Gasteiger partial charge in [-0.05, 0) is 70.1 Å². The van der Waals surface area contributed by atoms with Crippen molar-refractivity contribution in [2.24, 2.45) is 0 Å². The fraction of sp³-hybridized carbons (Fsp3) is 0.500. The molecule has 2 aromatic rings. The van der Waals surface area contributed by atoms with E-state index < -0.39 is 0 Å². The Morgan fingerprint density at radius 3 is 1.85 bits per heavy atom. The minimum absolute atomic E-state index is 0.448. The predicted octanol–water partition coefficient (Wildman–Crippen LogP) is 3.12. The topological polar surface area (TPSA) is 64.5 Å². The number of phenolic OH excluding ortho intramolecular Hbond substituents is 1. The fourth-order valence-corrected chi connectivity index (χ4v) is 3.93. The van der Waals surface area contributed by atoms with E-state index in [2.05, 4.69) is 25.1 Å². The van der Waals surface area contributed by atoms with Gasteiger partial charge in [0.15, 0.2) is 0 Å². The number of aromatic nitrogens is 2. The molecule has 26 heavy (non-hydrogen) atoms. The second-order valence-electron chi connectivity index (χ2n) is 7.31. The van der Waals surface area contributed by atoms with Gasteiger partial charge in [0.1, 0.15) is 5.75 Å². The Kier molecular flexibility index (Phi) is 5.32. The summed E-state index contributed by atoms with van der Waals surface area (Å²) in [6.07, 6.45) is 8.45. The number of benzene rings is 1. The van der Waals surface area contributed by atoms with E-state index in [-0.39, 0.29) is 0 Å². The van der Waals surface area contributed by atoms with E-state index >= 15 is 0 Å². The average Bonchev–Trinajstić information content (AvgIpc) is 3.34. The van der Waals surface area contributed by atoms with Crippen LogP contribution in [0.1, 0.15) is 36.8 Å². The van der Waals surface area contributed by atoms with Crippen LogP contribution in [0.2, 0.25) is 0 Å². The zero-order valence-corrected chi connectivity index (χ0v) is 15.2. The first kappa shape index (κ1) is 17.2. The van der Waals surface area contributed by atoms with Gasteiger partial charge < -0.3 is 10.4 Å². The normalized spacial score (nSPS) is 18.5. The maximum atomic E-state index is 10.9. The summed E-state index contributed by atoms with van der Waals surface area (Å²) < 4.78 is 0. The van der Waals surface area contributed by atoms with Crippen LogP contribution in [-0.2, 0) is 13.1 Å². The van der Waals surface area contributed by atoms with Crippen LogP contribution in [-0.4, -0.2) is 51.1 Å². The summed E-state index contributed by atoms with van der Waals surface area (Å²) in [5, 5.41) is 14.2. The molecule has 138 valence electrons. The maximum absolute atomic E-state index is 10.9. The number of likely N-dealkylation sites (tertiary alicyclic amines) is 2. The number of aromatic hydroxyl groups is 1. The van der Waals surface area contributed by atoms with Crippen molar-refractivity contribution in [1.29, 1.82) is 0 Å². The fourth-order valence-electron chi connectivity index (χ4n) is 3.93. The maximum Gasteiger partial charge on any atom is 0.227 e. The summed E-state index contributed by atoms with van der Waals surface area (Å²) in [6.45, 7) is 6.04. The van der Waals surface area contributed by atoms with Gasteiger partial charge in [-0.2, -0.15) is 0 Å². The van der Waals surface area contributed by atoms with Crippen LogP contribution in [0.4, 0.5) is 11.6 Å². The van der Waals surface area contributed by atoms with Gasteiger partial charge >= 0.3 is 0 Å². The Balaban J connectivity index is 1.60. The number of rotatable bonds is 6. The highest BCUT2D eigenvalue weighted by Gasteiger charge is 2.19. The Labute approximate surface area is 154 Å². The molecular weight excluding hydrogens is 326 g/mol. The lowest BCUT2D eigenvalue weighted by molar-refractivity contribution is 0.312. The van der Waals surface area contributed by atoms with Crippen molar-refractivity contribution in [3.8, 4) is 5.75 Å². The van der Waals surface area contributed by atoms with E-state index in [1.54, 1.807) is 18.5 Å². The van der Waals surface area contributed by atoms with Crippen LogP contribution in [0.15, 0.2) is 30.6 Å². The lowest BCUT2D eigenvalue weighted by atomic mass is 10.1. The highest BCUT2D eigenvalue weighted by atomic mass is 16.3. The standard InChI is InChI=1S/C20H27N5O/c26-19-16(14-24-8-1-2-9-24)12-18(23-20-21-6-5-7-22-20)13-17(19)15-25-10-3-4-11-25/h5-7,12-13,26H,1-4,8-11,14-15H2,(H,21,22,23). The van der Waals surface area contributed by atoms with Crippen LogP contribution in [0, 0.1) is 0 Å². The molecule has 0 atom stereocenters. The van der Waals surface area contributed by atoms with Crippen molar-refractivity contribution in [2.75, 3.05) is 31.5 Å². The van der Waals surface area contributed by atoms with Gasteiger partial charge in [0.2, 0.25) is 5.95 Å². The molecule has 0 amide bonds. The first-order valence-electron chi connectivity index (χ1n) is 9.61. The molecule has 4 rings (SSSR count). The summed E-state index contributed by atoms with van der Waals surface area (Å²) >= 11 is 0. The summed E-state index contributed by atoms with van der Waals surface area (Å²) in [4.78, 5) is 13.3. The molecule has 6 nitrogen and oxygen atoms in total. The molecule has 0 bridgehead atoms. The minimum Gasteiger partial charge on any atom is -0.507 e. The quantitative estimate of drug-likeness (QED) is 0.778. The Hall–Kier alpha value is -2.18. The van der Waals surface area contributed by atoms with Gasteiger partial charge in [-0.3, -0.25) is 9.80 Å². The monoisotopic (exact) mass is 353 g/mol. The van der Waals surface area contributed by atoms with Crippen molar-refractivity contribution in [2.45, 2.75) is 38.8 Å². The van der Waals surface area contributed by atoms with Gasteiger partial charge in [0, 0.05) is 42.3 Å². The van der Waals surface area contributed by atoms with E-state index in [0.717, 1.165) is 56.1 Å². The van der Waals surface area contributed by atoms with Crippen LogP contribution >= 0.6 is 0 Å². The van der Waals surface area contributed by atoms with Crippen molar-refractivity contribution >= 4 is 11.6 Å². The molecule has 2 N–H and O–H groups in total. The highest BCUT2D eigenvalue weighted by molar-refractivity contribution is 5.60. The Morgan fingerprint density at radius 2 is 1.35 bits per heavy atom. The Morgan fingerprint density at radius 1 is 0.846 bits per heavy atom. The molecule has 3 heterocycles. The lowest BCUT2D eigenvalue weighted by Gasteiger charge is -2.21. The van der Waals surface area contributed by atoms with Crippen molar-refractivity contribution in [3.05, 3.63) is 41.7 Å². The summed E-state index contributed by atoms with van der Waals surface area (Å²) in [6, 6.07) is 5.88. The summed E-state index contributed by atoms with van der Waals surface area (Å²) in [5.41, 5.74) is 2.92.